The van der Waals surface area contributed by atoms with E-state index in [0.29, 0.717) is 17.8 Å². The van der Waals surface area contributed by atoms with E-state index < -0.39 is 5.97 Å². The fourth-order valence-corrected chi connectivity index (χ4v) is 3.46. The fourth-order valence-electron chi connectivity index (χ4n) is 3.46. The smallest absolute Gasteiger partial charge is 0.337 e. The van der Waals surface area contributed by atoms with Crippen LogP contribution in [0.3, 0.4) is 0 Å². The first-order chi connectivity index (χ1) is 9.06. The van der Waals surface area contributed by atoms with Gasteiger partial charge in [0.25, 0.3) is 0 Å². The van der Waals surface area contributed by atoms with Crippen LogP contribution in [0.25, 0.3) is 0 Å². The van der Waals surface area contributed by atoms with Crippen LogP contribution in [0.5, 0.6) is 0 Å². The molecular formula is C14H18N2O3. The minimum Gasteiger partial charge on any atom is -0.478 e. The third kappa shape index (κ3) is 2.04. The number of hydrogen-bond acceptors (Lipinski definition) is 4. The van der Waals surface area contributed by atoms with Gasteiger partial charge in [0.2, 0.25) is 0 Å². The number of carbonyl (C=O) groups is 1. The van der Waals surface area contributed by atoms with E-state index in [-0.39, 0.29) is 11.7 Å². The van der Waals surface area contributed by atoms with Gasteiger partial charge in [-0.2, -0.15) is 0 Å². The predicted octanol–water partition coefficient (Wildman–Crippen LogP) is 1.46. The number of hydrogen-bond donors (Lipinski definition) is 3. The van der Waals surface area contributed by atoms with Crippen molar-refractivity contribution in [2.75, 3.05) is 10.6 Å². The average Bonchev–Trinajstić information content (AvgIpc) is 2.63. The molecule has 5 nitrogen and oxygen atoms in total. The fraction of sp³-hybridized carbons (Fsp3) is 0.500. The van der Waals surface area contributed by atoms with E-state index in [4.69, 9.17) is 10.8 Å². The molecule has 0 radical (unpaired) electrons. The summed E-state index contributed by atoms with van der Waals surface area (Å²) < 4.78 is 0. The summed E-state index contributed by atoms with van der Waals surface area (Å²) in [5.74, 6) is -0.997. The molecule has 2 aliphatic rings. The zero-order valence-corrected chi connectivity index (χ0v) is 10.6. The maximum Gasteiger partial charge on any atom is 0.337 e. The Hall–Kier alpha value is -1.75. The Morgan fingerprint density at radius 2 is 1.89 bits per heavy atom. The second kappa shape index (κ2) is 4.42. The minimum absolute atomic E-state index is 0.156. The van der Waals surface area contributed by atoms with Crippen LogP contribution in [0.1, 0.15) is 36.0 Å². The van der Waals surface area contributed by atoms with Crippen molar-refractivity contribution in [2.45, 2.75) is 43.9 Å². The molecule has 2 bridgehead atoms. The number of carboxylic acids is 1. The summed E-state index contributed by atoms with van der Waals surface area (Å²) in [4.78, 5) is 13.4. The molecule has 2 unspecified atom stereocenters. The molecule has 1 aromatic rings. The van der Waals surface area contributed by atoms with Gasteiger partial charge in [-0.1, -0.05) is 0 Å². The molecule has 0 spiro atoms. The zero-order chi connectivity index (χ0) is 13.6. The number of aliphatic hydroxyl groups excluding tert-OH is 1. The normalized spacial score (nSPS) is 29.5. The Morgan fingerprint density at radius 3 is 2.47 bits per heavy atom. The third-order valence-corrected chi connectivity index (χ3v) is 4.27. The second-order valence-electron chi connectivity index (χ2n) is 5.49. The molecule has 102 valence electrons. The van der Waals surface area contributed by atoms with Gasteiger partial charge in [0.1, 0.15) is 0 Å². The monoisotopic (exact) mass is 262 g/mol. The van der Waals surface area contributed by atoms with Crippen molar-refractivity contribution < 1.29 is 15.0 Å². The topological polar surface area (TPSA) is 86.8 Å². The molecule has 2 aliphatic heterocycles. The summed E-state index contributed by atoms with van der Waals surface area (Å²) in [6.07, 6.45) is 3.44. The Bertz CT molecular complexity index is 503. The molecular weight excluding hydrogens is 244 g/mol. The molecule has 2 saturated heterocycles. The molecule has 0 saturated carbocycles. The Labute approximate surface area is 111 Å². The van der Waals surface area contributed by atoms with Crippen molar-refractivity contribution in [1.82, 2.24) is 0 Å². The number of nitrogen functional groups attached to an aromatic ring is 1. The van der Waals surface area contributed by atoms with Crippen molar-refractivity contribution >= 4 is 17.3 Å². The van der Waals surface area contributed by atoms with Gasteiger partial charge in [0.05, 0.1) is 11.7 Å². The Balaban J connectivity index is 1.95. The summed E-state index contributed by atoms with van der Waals surface area (Å²) in [7, 11) is 0. The number of nitrogens with two attached hydrogens (primary N) is 1. The van der Waals surface area contributed by atoms with Crippen molar-refractivity contribution in [2.24, 2.45) is 0 Å². The van der Waals surface area contributed by atoms with E-state index >= 15 is 0 Å². The van der Waals surface area contributed by atoms with Gasteiger partial charge in [-0.3, -0.25) is 0 Å². The van der Waals surface area contributed by atoms with E-state index in [0.717, 1.165) is 31.4 Å². The number of nitrogens with zero attached hydrogens (tertiary/aromatic N) is 1. The van der Waals surface area contributed by atoms with Crippen LogP contribution in [0.4, 0.5) is 11.4 Å². The van der Waals surface area contributed by atoms with Crippen LogP contribution in [0.2, 0.25) is 0 Å². The number of fused-ring (bicyclic) bond motifs is 2. The highest BCUT2D eigenvalue weighted by Gasteiger charge is 2.40. The summed E-state index contributed by atoms with van der Waals surface area (Å²) >= 11 is 0. The summed E-state index contributed by atoms with van der Waals surface area (Å²) in [6, 6.07) is 5.83. The van der Waals surface area contributed by atoms with E-state index in [1.165, 1.54) is 0 Å². The lowest BCUT2D eigenvalue weighted by atomic mass is 9.98. The standard InChI is InChI=1S/C14H18N2O3/c15-13-4-3-10(7-12(13)14(18)19)16-8-1-2-9(16)6-11(17)5-8/h3-4,7-9,11,17H,1-2,5-6,15H2,(H,18,19). The van der Waals surface area contributed by atoms with Crippen molar-refractivity contribution in [1.29, 1.82) is 0 Å². The second-order valence-corrected chi connectivity index (χ2v) is 5.49. The molecule has 1 aromatic carbocycles. The van der Waals surface area contributed by atoms with Gasteiger partial charge in [0.15, 0.2) is 0 Å². The van der Waals surface area contributed by atoms with Crippen LogP contribution in [-0.2, 0) is 0 Å². The van der Waals surface area contributed by atoms with E-state index in [9.17, 15) is 9.90 Å². The largest absolute Gasteiger partial charge is 0.478 e. The molecule has 4 N–H and O–H groups in total. The summed E-state index contributed by atoms with van der Waals surface area (Å²) in [6.45, 7) is 0. The summed E-state index contributed by atoms with van der Waals surface area (Å²) in [5, 5.41) is 18.9. The molecule has 2 heterocycles. The van der Waals surface area contributed by atoms with Crippen molar-refractivity contribution in [3.8, 4) is 0 Å². The molecule has 0 aromatic heterocycles. The van der Waals surface area contributed by atoms with Crippen LogP contribution in [0.15, 0.2) is 18.2 Å². The number of piperidine rings is 1. The first-order valence-corrected chi connectivity index (χ1v) is 6.65. The van der Waals surface area contributed by atoms with Crippen LogP contribution in [-0.4, -0.2) is 34.4 Å². The highest BCUT2D eigenvalue weighted by Crippen LogP contribution is 2.39. The van der Waals surface area contributed by atoms with Gasteiger partial charge >= 0.3 is 5.97 Å². The number of anilines is 2. The first-order valence-electron chi connectivity index (χ1n) is 6.65. The molecule has 5 heteroatoms. The van der Waals surface area contributed by atoms with Gasteiger partial charge < -0.3 is 20.8 Å². The van der Waals surface area contributed by atoms with Gasteiger partial charge in [-0.05, 0) is 43.9 Å². The van der Waals surface area contributed by atoms with E-state index in [1.807, 2.05) is 6.07 Å². The number of aromatic carboxylic acids is 1. The minimum atomic E-state index is -0.997. The molecule has 0 aliphatic carbocycles. The first kappa shape index (κ1) is 12.3. The lowest BCUT2D eigenvalue weighted by Crippen LogP contribution is -2.44. The van der Waals surface area contributed by atoms with Crippen molar-refractivity contribution in [3.63, 3.8) is 0 Å². The van der Waals surface area contributed by atoms with Crippen LogP contribution in [0, 0.1) is 0 Å². The third-order valence-electron chi connectivity index (χ3n) is 4.27. The Morgan fingerprint density at radius 1 is 1.26 bits per heavy atom. The van der Waals surface area contributed by atoms with Gasteiger partial charge in [0, 0.05) is 23.5 Å². The quantitative estimate of drug-likeness (QED) is 0.702. The highest BCUT2D eigenvalue weighted by atomic mass is 16.4. The van der Waals surface area contributed by atoms with Crippen LogP contribution < -0.4 is 10.6 Å². The van der Waals surface area contributed by atoms with Gasteiger partial charge in [-0.15, -0.1) is 0 Å². The molecule has 0 amide bonds. The molecule has 19 heavy (non-hydrogen) atoms. The lowest BCUT2D eigenvalue weighted by Gasteiger charge is -2.39. The van der Waals surface area contributed by atoms with Crippen molar-refractivity contribution in [3.05, 3.63) is 23.8 Å². The average molecular weight is 262 g/mol. The number of carboxylic acid groups (broad SMARTS) is 1. The highest BCUT2D eigenvalue weighted by molar-refractivity contribution is 5.94. The van der Waals surface area contributed by atoms with E-state index in [1.54, 1.807) is 12.1 Å². The predicted molar refractivity (Wildman–Crippen MR) is 72.3 cm³/mol. The number of rotatable bonds is 2. The van der Waals surface area contributed by atoms with Crippen LogP contribution >= 0.6 is 0 Å². The molecule has 2 atom stereocenters. The Kier molecular flexibility index (Phi) is 2.86. The maximum atomic E-state index is 11.1. The number of aliphatic hydroxyl groups is 1. The SMILES string of the molecule is Nc1ccc(N2C3CCC2CC(O)C3)cc1C(=O)O. The number of benzene rings is 1. The van der Waals surface area contributed by atoms with Gasteiger partial charge in [-0.25, -0.2) is 4.79 Å². The molecule has 2 fully saturated rings. The maximum absolute atomic E-state index is 11.1. The summed E-state index contributed by atoms with van der Waals surface area (Å²) in [5.41, 5.74) is 7.04. The lowest BCUT2D eigenvalue weighted by molar-refractivity contribution is 0.0698. The van der Waals surface area contributed by atoms with E-state index in [2.05, 4.69) is 4.90 Å². The molecule has 3 rings (SSSR count). The zero-order valence-electron chi connectivity index (χ0n) is 10.6.